The molecule has 0 bridgehead atoms. The van der Waals surface area contributed by atoms with Crippen LogP contribution in [-0.4, -0.2) is 26.3 Å². The number of rotatable bonds is 3. The van der Waals surface area contributed by atoms with Crippen LogP contribution in [0.4, 0.5) is 0 Å². The van der Waals surface area contributed by atoms with Crippen LogP contribution in [0.15, 0.2) is 67.0 Å². The SMILES string of the molecule is Cc1ccc(C)n1-c1ccc(C(=O)NNC(=O)c2ccc3nccnc3c2)cc1. The van der Waals surface area contributed by atoms with E-state index in [0.29, 0.717) is 22.2 Å². The fourth-order valence-electron chi connectivity index (χ4n) is 3.20. The van der Waals surface area contributed by atoms with Crippen molar-refractivity contribution < 1.29 is 9.59 Å². The molecule has 0 fully saturated rings. The molecule has 0 aliphatic rings. The standard InChI is InChI=1S/C22H19N5O2/c1-14-3-4-15(2)27(14)18-8-5-16(6-9-18)21(28)25-26-22(29)17-7-10-19-20(13-17)24-12-11-23-19/h3-13H,1-2H3,(H,25,28)(H,26,29). The topological polar surface area (TPSA) is 88.9 Å². The zero-order chi connectivity index (χ0) is 20.4. The smallest absolute Gasteiger partial charge is 0.269 e. The molecule has 4 aromatic rings. The van der Waals surface area contributed by atoms with E-state index in [1.54, 1.807) is 42.7 Å². The lowest BCUT2D eigenvalue weighted by Gasteiger charge is -2.11. The molecule has 29 heavy (non-hydrogen) atoms. The lowest BCUT2D eigenvalue weighted by Crippen LogP contribution is -2.41. The predicted octanol–water partition coefficient (Wildman–Crippen LogP) is 3.11. The van der Waals surface area contributed by atoms with Crippen LogP contribution in [0.5, 0.6) is 0 Å². The molecule has 2 aromatic heterocycles. The molecule has 7 nitrogen and oxygen atoms in total. The molecule has 0 saturated carbocycles. The molecular weight excluding hydrogens is 366 g/mol. The van der Waals surface area contributed by atoms with Crippen LogP contribution in [0.3, 0.4) is 0 Å². The maximum absolute atomic E-state index is 12.4. The van der Waals surface area contributed by atoms with Gasteiger partial charge in [0.2, 0.25) is 0 Å². The van der Waals surface area contributed by atoms with Crippen LogP contribution in [0.1, 0.15) is 32.1 Å². The average molecular weight is 385 g/mol. The van der Waals surface area contributed by atoms with Gasteiger partial charge in [-0.05, 0) is 68.4 Å². The van der Waals surface area contributed by atoms with E-state index < -0.39 is 11.8 Å². The van der Waals surface area contributed by atoms with Crippen molar-refractivity contribution in [2.45, 2.75) is 13.8 Å². The summed E-state index contributed by atoms with van der Waals surface area (Å²) in [5.41, 5.74) is 10.2. The van der Waals surface area contributed by atoms with Gasteiger partial charge in [0.15, 0.2) is 0 Å². The summed E-state index contributed by atoms with van der Waals surface area (Å²) >= 11 is 0. The molecular formula is C22H19N5O2. The molecule has 144 valence electrons. The van der Waals surface area contributed by atoms with E-state index in [1.165, 1.54) is 0 Å². The van der Waals surface area contributed by atoms with Crippen molar-refractivity contribution in [1.29, 1.82) is 0 Å². The number of benzene rings is 2. The normalized spacial score (nSPS) is 10.7. The van der Waals surface area contributed by atoms with E-state index in [4.69, 9.17) is 0 Å². The van der Waals surface area contributed by atoms with E-state index in [2.05, 4.69) is 25.4 Å². The third-order valence-electron chi connectivity index (χ3n) is 4.68. The molecule has 4 rings (SSSR count). The van der Waals surface area contributed by atoms with Crippen molar-refractivity contribution in [3.05, 3.63) is 89.5 Å². The minimum absolute atomic E-state index is 0.382. The van der Waals surface area contributed by atoms with Crippen molar-refractivity contribution >= 4 is 22.8 Å². The Labute approximate surface area is 167 Å². The third-order valence-corrected chi connectivity index (χ3v) is 4.68. The molecule has 0 spiro atoms. The van der Waals surface area contributed by atoms with Crippen molar-refractivity contribution in [3.8, 4) is 5.69 Å². The van der Waals surface area contributed by atoms with E-state index in [9.17, 15) is 9.59 Å². The highest BCUT2D eigenvalue weighted by atomic mass is 16.2. The van der Waals surface area contributed by atoms with Gasteiger partial charge in [-0.25, -0.2) is 0 Å². The fourth-order valence-corrected chi connectivity index (χ4v) is 3.20. The zero-order valence-corrected chi connectivity index (χ0v) is 16.0. The highest BCUT2D eigenvalue weighted by molar-refractivity contribution is 6.00. The monoisotopic (exact) mass is 385 g/mol. The van der Waals surface area contributed by atoms with Crippen molar-refractivity contribution in [1.82, 2.24) is 25.4 Å². The number of amides is 2. The minimum Gasteiger partial charge on any atom is -0.319 e. The van der Waals surface area contributed by atoms with Crippen LogP contribution in [-0.2, 0) is 0 Å². The Kier molecular flexibility index (Phi) is 4.78. The van der Waals surface area contributed by atoms with Gasteiger partial charge < -0.3 is 4.57 Å². The number of aromatic nitrogens is 3. The Hall–Kier alpha value is -4.00. The Morgan fingerprint density at radius 2 is 1.28 bits per heavy atom. The van der Waals surface area contributed by atoms with Crippen LogP contribution >= 0.6 is 0 Å². The van der Waals surface area contributed by atoms with Gasteiger partial charge in [-0.15, -0.1) is 0 Å². The summed E-state index contributed by atoms with van der Waals surface area (Å²) in [6, 6.07) is 16.3. The van der Waals surface area contributed by atoms with Gasteiger partial charge in [0.05, 0.1) is 11.0 Å². The van der Waals surface area contributed by atoms with Gasteiger partial charge in [0.25, 0.3) is 11.8 Å². The fraction of sp³-hybridized carbons (Fsp3) is 0.0909. The summed E-state index contributed by atoms with van der Waals surface area (Å²) in [5, 5.41) is 0. The molecule has 0 aliphatic heterocycles. The second kappa shape index (κ2) is 7.55. The summed E-state index contributed by atoms with van der Waals surface area (Å²) in [6.45, 7) is 4.06. The van der Waals surface area contributed by atoms with E-state index in [-0.39, 0.29) is 0 Å². The molecule has 0 radical (unpaired) electrons. The second-order valence-electron chi connectivity index (χ2n) is 6.67. The molecule has 2 N–H and O–H groups in total. The predicted molar refractivity (Wildman–Crippen MR) is 110 cm³/mol. The number of aryl methyl sites for hydroxylation is 2. The number of hydrogen-bond acceptors (Lipinski definition) is 4. The number of nitrogens with zero attached hydrogens (tertiary/aromatic N) is 3. The number of nitrogens with one attached hydrogen (secondary N) is 2. The van der Waals surface area contributed by atoms with Gasteiger partial charge >= 0.3 is 0 Å². The Morgan fingerprint density at radius 1 is 0.724 bits per heavy atom. The first-order valence-electron chi connectivity index (χ1n) is 9.10. The molecule has 0 aliphatic carbocycles. The maximum Gasteiger partial charge on any atom is 0.269 e. The van der Waals surface area contributed by atoms with Gasteiger partial charge in [0, 0.05) is 40.6 Å². The van der Waals surface area contributed by atoms with E-state index in [1.807, 2.05) is 38.1 Å². The summed E-state index contributed by atoms with van der Waals surface area (Å²) < 4.78 is 2.10. The molecule has 0 unspecified atom stereocenters. The van der Waals surface area contributed by atoms with Crippen LogP contribution in [0, 0.1) is 13.8 Å². The lowest BCUT2D eigenvalue weighted by molar-refractivity contribution is 0.0847. The highest BCUT2D eigenvalue weighted by Crippen LogP contribution is 2.17. The van der Waals surface area contributed by atoms with Crippen molar-refractivity contribution in [2.24, 2.45) is 0 Å². The Balaban J connectivity index is 1.43. The van der Waals surface area contributed by atoms with Gasteiger partial charge in [-0.2, -0.15) is 0 Å². The largest absolute Gasteiger partial charge is 0.319 e. The quantitative estimate of drug-likeness (QED) is 0.531. The summed E-state index contributed by atoms with van der Waals surface area (Å²) in [4.78, 5) is 33.0. The van der Waals surface area contributed by atoms with Crippen molar-refractivity contribution in [2.75, 3.05) is 0 Å². The molecule has 0 saturated heterocycles. The average Bonchev–Trinajstić information content (AvgIpc) is 3.09. The molecule has 7 heteroatoms. The number of carbonyl (C=O) groups excluding carboxylic acids is 2. The summed E-state index contributed by atoms with van der Waals surface area (Å²) in [7, 11) is 0. The van der Waals surface area contributed by atoms with Crippen molar-refractivity contribution in [3.63, 3.8) is 0 Å². The summed E-state index contributed by atoms with van der Waals surface area (Å²) in [6.07, 6.45) is 3.15. The number of carbonyl (C=O) groups is 2. The Bertz CT molecular complexity index is 1190. The second-order valence-corrected chi connectivity index (χ2v) is 6.67. The molecule has 0 atom stereocenters. The van der Waals surface area contributed by atoms with Gasteiger partial charge in [-0.3, -0.25) is 30.4 Å². The maximum atomic E-state index is 12.4. The zero-order valence-electron chi connectivity index (χ0n) is 16.0. The van der Waals surface area contributed by atoms with Crippen LogP contribution in [0.25, 0.3) is 16.7 Å². The first-order valence-corrected chi connectivity index (χ1v) is 9.10. The lowest BCUT2D eigenvalue weighted by atomic mass is 10.2. The highest BCUT2D eigenvalue weighted by Gasteiger charge is 2.11. The number of hydrazine groups is 1. The minimum atomic E-state index is -0.430. The van der Waals surface area contributed by atoms with E-state index in [0.717, 1.165) is 17.1 Å². The van der Waals surface area contributed by atoms with Crippen LogP contribution < -0.4 is 10.9 Å². The van der Waals surface area contributed by atoms with Crippen LogP contribution in [0.2, 0.25) is 0 Å². The molecule has 2 amide bonds. The van der Waals surface area contributed by atoms with Gasteiger partial charge in [0.1, 0.15) is 0 Å². The Morgan fingerprint density at radius 3 is 1.93 bits per heavy atom. The first kappa shape index (κ1) is 18.4. The number of hydrogen-bond donors (Lipinski definition) is 2. The van der Waals surface area contributed by atoms with Gasteiger partial charge in [-0.1, -0.05) is 0 Å². The number of fused-ring (bicyclic) bond motifs is 1. The first-order chi connectivity index (χ1) is 14.0. The molecule has 2 aromatic carbocycles. The third kappa shape index (κ3) is 3.70. The van der Waals surface area contributed by atoms with E-state index >= 15 is 0 Å². The summed E-state index contributed by atoms with van der Waals surface area (Å²) in [5.74, 6) is -0.826. The molecule has 2 heterocycles.